The highest BCUT2D eigenvalue weighted by Crippen LogP contribution is 2.11. The number of hydrogen-bond acceptors (Lipinski definition) is 3. The number of carbonyl (C=O) groups excluding carboxylic acids is 1. The minimum atomic E-state index is -0.283. The molecule has 21 heavy (non-hydrogen) atoms. The van der Waals surface area contributed by atoms with E-state index in [4.69, 9.17) is 0 Å². The molecule has 2 amide bonds. The van der Waals surface area contributed by atoms with Crippen molar-refractivity contribution in [2.45, 2.75) is 19.8 Å². The second-order valence-corrected chi connectivity index (χ2v) is 4.66. The lowest BCUT2D eigenvalue weighted by Gasteiger charge is -2.08. The van der Waals surface area contributed by atoms with E-state index < -0.39 is 0 Å². The van der Waals surface area contributed by atoms with Crippen molar-refractivity contribution in [2.75, 3.05) is 22.5 Å². The summed E-state index contributed by atoms with van der Waals surface area (Å²) in [5, 5.41) is 8.72. The van der Waals surface area contributed by atoms with Crippen LogP contribution >= 0.6 is 0 Å². The third-order valence-electron chi connectivity index (χ3n) is 2.89. The average molecular weight is 284 g/mol. The first kappa shape index (κ1) is 14.8. The van der Waals surface area contributed by atoms with Crippen molar-refractivity contribution in [3.63, 3.8) is 0 Å². The predicted octanol–water partition coefficient (Wildman–Crippen LogP) is 3.94. The Morgan fingerprint density at radius 1 is 1.05 bits per heavy atom. The van der Waals surface area contributed by atoms with E-state index in [0.29, 0.717) is 5.69 Å². The molecule has 0 bridgehead atoms. The molecule has 0 aliphatic carbocycles. The Morgan fingerprint density at radius 2 is 1.81 bits per heavy atom. The first-order valence-corrected chi connectivity index (χ1v) is 7.11. The van der Waals surface area contributed by atoms with Gasteiger partial charge in [0.2, 0.25) is 0 Å². The number of amides is 2. The fourth-order valence-corrected chi connectivity index (χ4v) is 1.78. The number of hydrogen-bond donors (Lipinski definition) is 3. The summed E-state index contributed by atoms with van der Waals surface area (Å²) in [7, 11) is 0. The second kappa shape index (κ2) is 7.89. The van der Waals surface area contributed by atoms with Gasteiger partial charge in [-0.1, -0.05) is 31.5 Å². The number of aromatic nitrogens is 1. The van der Waals surface area contributed by atoms with Crippen LogP contribution in [0.3, 0.4) is 0 Å². The quantitative estimate of drug-likeness (QED) is 0.704. The molecular formula is C16H20N4O. The van der Waals surface area contributed by atoms with Crippen molar-refractivity contribution in [3.05, 3.63) is 48.7 Å². The number of nitrogens with zero attached hydrogens (tertiary/aromatic N) is 1. The highest BCUT2D eigenvalue weighted by Gasteiger charge is 2.02. The molecule has 0 aliphatic heterocycles. The van der Waals surface area contributed by atoms with Crippen LogP contribution in [0.5, 0.6) is 0 Å². The third-order valence-corrected chi connectivity index (χ3v) is 2.89. The SMILES string of the molecule is CCCCNc1ccc(NC(=O)Nc2ccccc2)cn1. The van der Waals surface area contributed by atoms with E-state index >= 15 is 0 Å². The van der Waals surface area contributed by atoms with Crippen molar-refractivity contribution < 1.29 is 4.79 Å². The van der Waals surface area contributed by atoms with Crippen molar-refractivity contribution in [1.82, 2.24) is 4.98 Å². The topological polar surface area (TPSA) is 66.0 Å². The molecule has 0 radical (unpaired) electrons. The average Bonchev–Trinajstić information content (AvgIpc) is 2.50. The van der Waals surface area contributed by atoms with Crippen LogP contribution in [-0.4, -0.2) is 17.6 Å². The number of urea groups is 1. The molecule has 5 heteroatoms. The van der Waals surface area contributed by atoms with Crippen LogP contribution in [0.25, 0.3) is 0 Å². The molecule has 2 rings (SSSR count). The van der Waals surface area contributed by atoms with Crippen LogP contribution < -0.4 is 16.0 Å². The number of unbranched alkanes of at least 4 members (excludes halogenated alkanes) is 1. The number of rotatable bonds is 6. The smallest absolute Gasteiger partial charge is 0.323 e. The first-order chi connectivity index (χ1) is 10.3. The van der Waals surface area contributed by atoms with Gasteiger partial charge >= 0.3 is 6.03 Å². The summed E-state index contributed by atoms with van der Waals surface area (Å²) < 4.78 is 0. The van der Waals surface area contributed by atoms with Gasteiger partial charge in [0, 0.05) is 12.2 Å². The minimum Gasteiger partial charge on any atom is -0.370 e. The summed E-state index contributed by atoms with van der Waals surface area (Å²) in [5.41, 5.74) is 1.41. The summed E-state index contributed by atoms with van der Waals surface area (Å²) in [4.78, 5) is 16.1. The highest BCUT2D eigenvalue weighted by atomic mass is 16.2. The summed E-state index contributed by atoms with van der Waals surface area (Å²) in [5.74, 6) is 0.817. The predicted molar refractivity (Wildman–Crippen MR) is 86.7 cm³/mol. The lowest BCUT2D eigenvalue weighted by atomic mass is 10.3. The Morgan fingerprint density at radius 3 is 2.48 bits per heavy atom. The summed E-state index contributed by atoms with van der Waals surface area (Å²) in [6.07, 6.45) is 3.90. The van der Waals surface area contributed by atoms with Crippen LogP contribution in [-0.2, 0) is 0 Å². The lowest BCUT2D eigenvalue weighted by molar-refractivity contribution is 0.262. The van der Waals surface area contributed by atoms with Gasteiger partial charge in [0.25, 0.3) is 0 Å². The standard InChI is InChI=1S/C16H20N4O/c1-2-3-11-17-15-10-9-14(12-18-15)20-16(21)19-13-7-5-4-6-8-13/h4-10,12H,2-3,11H2,1H3,(H,17,18)(H2,19,20,21). The van der Waals surface area contributed by atoms with Gasteiger partial charge in [0.05, 0.1) is 11.9 Å². The molecule has 1 aromatic carbocycles. The molecule has 1 aromatic heterocycles. The number of anilines is 3. The van der Waals surface area contributed by atoms with Gasteiger partial charge in [0.15, 0.2) is 0 Å². The van der Waals surface area contributed by atoms with Crippen LogP contribution in [0.4, 0.5) is 22.0 Å². The molecule has 5 nitrogen and oxygen atoms in total. The Labute approximate surface area is 124 Å². The highest BCUT2D eigenvalue weighted by molar-refractivity contribution is 5.99. The normalized spacial score (nSPS) is 9.95. The van der Waals surface area contributed by atoms with Crippen molar-refractivity contribution >= 4 is 23.2 Å². The van der Waals surface area contributed by atoms with E-state index in [2.05, 4.69) is 27.9 Å². The number of carbonyl (C=O) groups is 1. The van der Waals surface area contributed by atoms with Gasteiger partial charge in [-0.25, -0.2) is 9.78 Å². The molecule has 0 fully saturated rings. The van der Waals surface area contributed by atoms with E-state index in [0.717, 1.165) is 30.9 Å². The van der Waals surface area contributed by atoms with Gasteiger partial charge < -0.3 is 16.0 Å². The van der Waals surface area contributed by atoms with Crippen molar-refractivity contribution in [1.29, 1.82) is 0 Å². The maximum atomic E-state index is 11.8. The number of nitrogens with one attached hydrogen (secondary N) is 3. The Balaban J connectivity index is 1.83. The Kier molecular flexibility index (Phi) is 5.58. The zero-order chi connectivity index (χ0) is 14.9. The molecule has 0 unspecified atom stereocenters. The van der Waals surface area contributed by atoms with Crippen LogP contribution in [0, 0.1) is 0 Å². The Hall–Kier alpha value is -2.56. The maximum Gasteiger partial charge on any atom is 0.323 e. The van der Waals surface area contributed by atoms with E-state index in [1.165, 1.54) is 0 Å². The van der Waals surface area contributed by atoms with Crippen molar-refractivity contribution in [3.8, 4) is 0 Å². The number of benzene rings is 1. The van der Waals surface area contributed by atoms with Crippen LogP contribution in [0.1, 0.15) is 19.8 Å². The number of pyridine rings is 1. The fourth-order valence-electron chi connectivity index (χ4n) is 1.78. The molecule has 110 valence electrons. The summed E-state index contributed by atoms with van der Waals surface area (Å²) >= 11 is 0. The third kappa shape index (κ3) is 5.14. The fraction of sp³-hybridized carbons (Fsp3) is 0.250. The van der Waals surface area contributed by atoms with Crippen LogP contribution in [0.2, 0.25) is 0 Å². The maximum absolute atomic E-state index is 11.8. The molecule has 2 aromatic rings. The minimum absolute atomic E-state index is 0.283. The summed E-state index contributed by atoms with van der Waals surface area (Å²) in [6, 6.07) is 12.7. The second-order valence-electron chi connectivity index (χ2n) is 4.66. The van der Waals surface area contributed by atoms with E-state index in [-0.39, 0.29) is 6.03 Å². The van der Waals surface area contributed by atoms with Gasteiger partial charge in [0.1, 0.15) is 5.82 Å². The van der Waals surface area contributed by atoms with E-state index in [1.54, 1.807) is 6.20 Å². The zero-order valence-electron chi connectivity index (χ0n) is 12.1. The molecular weight excluding hydrogens is 264 g/mol. The van der Waals surface area contributed by atoms with E-state index in [1.807, 2.05) is 42.5 Å². The number of para-hydroxylation sites is 1. The molecule has 0 aliphatic rings. The van der Waals surface area contributed by atoms with Gasteiger partial charge in [-0.05, 0) is 30.7 Å². The Bertz CT molecular complexity index is 554. The van der Waals surface area contributed by atoms with Gasteiger partial charge in [-0.2, -0.15) is 0 Å². The zero-order valence-corrected chi connectivity index (χ0v) is 12.1. The lowest BCUT2D eigenvalue weighted by Crippen LogP contribution is -2.19. The molecule has 0 saturated carbocycles. The molecule has 0 spiro atoms. The summed E-state index contributed by atoms with van der Waals surface area (Å²) in [6.45, 7) is 3.05. The van der Waals surface area contributed by atoms with E-state index in [9.17, 15) is 4.79 Å². The molecule has 0 saturated heterocycles. The van der Waals surface area contributed by atoms with Crippen molar-refractivity contribution in [2.24, 2.45) is 0 Å². The molecule has 1 heterocycles. The first-order valence-electron chi connectivity index (χ1n) is 7.11. The molecule has 3 N–H and O–H groups in total. The molecule has 0 atom stereocenters. The van der Waals surface area contributed by atoms with Gasteiger partial charge in [-0.3, -0.25) is 0 Å². The van der Waals surface area contributed by atoms with Gasteiger partial charge in [-0.15, -0.1) is 0 Å². The largest absolute Gasteiger partial charge is 0.370 e. The van der Waals surface area contributed by atoms with Crippen LogP contribution in [0.15, 0.2) is 48.7 Å². The monoisotopic (exact) mass is 284 g/mol.